The molecule has 2 nitrogen and oxygen atoms in total. The summed E-state index contributed by atoms with van der Waals surface area (Å²) in [5.74, 6) is 0.0694. The van der Waals surface area contributed by atoms with E-state index in [1.54, 1.807) is 13.0 Å². The lowest BCUT2D eigenvalue weighted by Crippen LogP contribution is -1.89. The molecule has 11 heavy (non-hydrogen) atoms. The highest BCUT2D eigenvalue weighted by molar-refractivity contribution is 7.80. The van der Waals surface area contributed by atoms with Gasteiger partial charge in [0.15, 0.2) is 0 Å². The Morgan fingerprint density at radius 3 is 2.45 bits per heavy atom. The molecule has 0 saturated carbocycles. The van der Waals surface area contributed by atoms with E-state index in [9.17, 15) is 5.11 Å². The first-order valence-corrected chi connectivity index (χ1v) is 3.55. The minimum absolute atomic E-state index is 0.0255. The minimum atomic E-state index is 0.0255. The highest BCUT2D eigenvalue weighted by Crippen LogP contribution is 2.22. The quantitative estimate of drug-likeness (QED) is 0.496. The molecule has 0 spiro atoms. The van der Waals surface area contributed by atoms with Gasteiger partial charge in [-0.3, -0.25) is 0 Å². The second kappa shape index (κ2) is 2.88. The van der Waals surface area contributed by atoms with Gasteiger partial charge in [-0.05, 0) is 19.1 Å². The summed E-state index contributed by atoms with van der Waals surface area (Å²) in [6, 6.07) is 4.35. The summed E-state index contributed by atoms with van der Waals surface area (Å²) in [7, 11) is 0. The third-order valence-electron chi connectivity index (χ3n) is 1.36. The van der Waals surface area contributed by atoms with E-state index in [1.807, 2.05) is 0 Å². The summed E-state index contributed by atoms with van der Waals surface area (Å²) in [5.41, 5.74) is 0.595. The molecule has 1 rings (SSSR count). The zero-order chi connectivity index (χ0) is 8.43. The van der Waals surface area contributed by atoms with Gasteiger partial charge in [0.25, 0.3) is 0 Å². The van der Waals surface area contributed by atoms with Crippen LogP contribution < -0.4 is 0 Å². The van der Waals surface area contributed by atoms with Gasteiger partial charge in [-0.1, -0.05) is 12.2 Å². The Morgan fingerprint density at radius 2 is 2.00 bits per heavy atom. The molecule has 0 aliphatic carbocycles. The van der Waals surface area contributed by atoms with Crippen molar-refractivity contribution in [3.05, 3.63) is 23.8 Å². The van der Waals surface area contributed by atoms with E-state index < -0.39 is 0 Å². The monoisotopic (exact) mass is 168 g/mol. The summed E-state index contributed by atoms with van der Waals surface area (Å²) in [5, 5.41) is 18.1. The van der Waals surface area contributed by atoms with E-state index >= 15 is 0 Å². The van der Waals surface area contributed by atoms with Gasteiger partial charge in [0.1, 0.15) is 11.5 Å². The van der Waals surface area contributed by atoms with Crippen LogP contribution in [0, 0.1) is 0 Å². The second-order valence-corrected chi connectivity index (χ2v) is 2.87. The van der Waals surface area contributed by atoms with Crippen LogP contribution in [0.1, 0.15) is 12.5 Å². The molecule has 3 heteroatoms. The van der Waals surface area contributed by atoms with E-state index in [1.165, 1.54) is 12.1 Å². The number of aromatic hydroxyl groups is 2. The summed E-state index contributed by atoms with van der Waals surface area (Å²) in [6.07, 6.45) is 0. The van der Waals surface area contributed by atoms with Crippen molar-refractivity contribution in [1.29, 1.82) is 0 Å². The van der Waals surface area contributed by atoms with Crippen LogP contribution in [-0.4, -0.2) is 15.1 Å². The summed E-state index contributed by atoms with van der Waals surface area (Å²) < 4.78 is 0. The Bertz CT molecular complexity index is 294. The summed E-state index contributed by atoms with van der Waals surface area (Å²) >= 11 is 4.85. The number of phenols is 2. The van der Waals surface area contributed by atoms with Crippen molar-refractivity contribution in [2.24, 2.45) is 0 Å². The van der Waals surface area contributed by atoms with Crippen molar-refractivity contribution >= 4 is 17.1 Å². The number of hydrogen-bond donors (Lipinski definition) is 2. The van der Waals surface area contributed by atoms with Gasteiger partial charge < -0.3 is 10.2 Å². The lowest BCUT2D eigenvalue weighted by molar-refractivity contribution is 0.450. The lowest BCUT2D eigenvalue weighted by atomic mass is 10.1. The van der Waals surface area contributed by atoms with Crippen LogP contribution in [0.25, 0.3) is 0 Å². The fourth-order valence-corrected chi connectivity index (χ4v) is 0.990. The molecule has 0 aliphatic heterocycles. The Kier molecular flexibility index (Phi) is 2.10. The zero-order valence-electron chi connectivity index (χ0n) is 6.03. The van der Waals surface area contributed by atoms with Crippen LogP contribution in [0.4, 0.5) is 0 Å². The van der Waals surface area contributed by atoms with Gasteiger partial charge in [0.2, 0.25) is 0 Å². The highest BCUT2D eigenvalue weighted by Gasteiger charge is 2.02. The van der Waals surface area contributed by atoms with Crippen LogP contribution in [0.15, 0.2) is 18.2 Å². The lowest BCUT2D eigenvalue weighted by Gasteiger charge is -2.01. The first kappa shape index (κ1) is 8.01. The van der Waals surface area contributed by atoms with Crippen molar-refractivity contribution in [1.82, 2.24) is 0 Å². The Balaban J connectivity index is 3.20. The van der Waals surface area contributed by atoms with Crippen molar-refractivity contribution in [2.45, 2.75) is 6.92 Å². The molecule has 1 aromatic carbocycles. The standard InChI is InChI=1S/C8H8O2S/c1-5(11)7-3-2-6(9)4-8(7)10/h2-4,9-10H,1H3. The predicted octanol–water partition coefficient (Wildman–Crippen LogP) is 1.84. The first-order valence-electron chi connectivity index (χ1n) is 3.14. The van der Waals surface area contributed by atoms with Crippen molar-refractivity contribution in [3.8, 4) is 11.5 Å². The van der Waals surface area contributed by atoms with E-state index in [4.69, 9.17) is 17.3 Å². The molecular formula is C8H8O2S. The third kappa shape index (κ3) is 1.68. The SMILES string of the molecule is CC(=S)c1ccc(O)cc1O. The van der Waals surface area contributed by atoms with E-state index in [0.29, 0.717) is 10.4 Å². The first-order chi connectivity index (χ1) is 5.11. The number of benzene rings is 1. The fraction of sp³-hybridized carbons (Fsp3) is 0.125. The zero-order valence-corrected chi connectivity index (χ0v) is 6.85. The van der Waals surface area contributed by atoms with Crippen molar-refractivity contribution in [3.63, 3.8) is 0 Å². The molecule has 0 unspecified atom stereocenters. The predicted molar refractivity (Wildman–Crippen MR) is 47.1 cm³/mol. The molecule has 2 N–H and O–H groups in total. The van der Waals surface area contributed by atoms with Crippen LogP contribution in [0.2, 0.25) is 0 Å². The molecule has 0 fully saturated rings. The van der Waals surface area contributed by atoms with E-state index in [0.717, 1.165) is 0 Å². The average Bonchev–Trinajstić information content (AvgIpc) is 1.85. The smallest absolute Gasteiger partial charge is 0.127 e. The number of phenolic OH excluding ortho intramolecular Hbond substituents is 2. The Morgan fingerprint density at radius 1 is 1.36 bits per heavy atom. The molecule has 0 aliphatic rings. The molecular weight excluding hydrogens is 160 g/mol. The average molecular weight is 168 g/mol. The number of hydrogen-bond acceptors (Lipinski definition) is 3. The molecule has 0 amide bonds. The summed E-state index contributed by atoms with van der Waals surface area (Å²) in [4.78, 5) is 0.613. The molecule has 0 heterocycles. The largest absolute Gasteiger partial charge is 0.508 e. The van der Waals surface area contributed by atoms with Crippen molar-refractivity contribution in [2.75, 3.05) is 0 Å². The second-order valence-electron chi connectivity index (χ2n) is 2.26. The molecule has 0 atom stereocenters. The molecule has 58 valence electrons. The third-order valence-corrected chi connectivity index (χ3v) is 1.58. The van der Waals surface area contributed by atoms with Gasteiger partial charge >= 0.3 is 0 Å². The highest BCUT2D eigenvalue weighted by atomic mass is 32.1. The molecule has 1 aromatic rings. The summed E-state index contributed by atoms with van der Waals surface area (Å²) in [6.45, 7) is 1.72. The Hall–Kier alpha value is -1.09. The fourth-order valence-electron chi connectivity index (χ4n) is 0.818. The van der Waals surface area contributed by atoms with Gasteiger partial charge in [-0.2, -0.15) is 0 Å². The van der Waals surface area contributed by atoms with E-state index in [2.05, 4.69) is 0 Å². The van der Waals surface area contributed by atoms with Crippen molar-refractivity contribution < 1.29 is 10.2 Å². The van der Waals surface area contributed by atoms with Gasteiger partial charge in [-0.15, -0.1) is 0 Å². The van der Waals surface area contributed by atoms with Gasteiger partial charge in [0, 0.05) is 16.5 Å². The maximum atomic E-state index is 9.21. The maximum absolute atomic E-state index is 9.21. The topological polar surface area (TPSA) is 40.5 Å². The number of rotatable bonds is 1. The molecule has 0 bridgehead atoms. The van der Waals surface area contributed by atoms with Gasteiger partial charge in [0.05, 0.1) is 0 Å². The number of thiocarbonyl (C=S) groups is 1. The molecule has 0 radical (unpaired) electrons. The normalized spacial score (nSPS) is 9.55. The molecule has 0 saturated heterocycles. The maximum Gasteiger partial charge on any atom is 0.127 e. The Labute approximate surface area is 70.1 Å². The minimum Gasteiger partial charge on any atom is -0.508 e. The van der Waals surface area contributed by atoms with Crippen LogP contribution >= 0.6 is 12.2 Å². The van der Waals surface area contributed by atoms with Crippen LogP contribution in [0.5, 0.6) is 11.5 Å². The van der Waals surface area contributed by atoms with Gasteiger partial charge in [-0.25, -0.2) is 0 Å². The van der Waals surface area contributed by atoms with E-state index in [-0.39, 0.29) is 11.5 Å². The molecule has 0 aromatic heterocycles. The van der Waals surface area contributed by atoms with Crippen LogP contribution in [0.3, 0.4) is 0 Å². The van der Waals surface area contributed by atoms with Crippen LogP contribution in [-0.2, 0) is 0 Å².